The van der Waals surface area contributed by atoms with E-state index in [0.717, 1.165) is 18.7 Å². The molecule has 0 saturated carbocycles. The van der Waals surface area contributed by atoms with Crippen molar-refractivity contribution in [3.05, 3.63) is 23.8 Å². The van der Waals surface area contributed by atoms with Crippen molar-refractivity contribution in [2.24, 2.45) is 7.05 Å². The van der Waals surface area contributed by atoms with Crippen LogP contribution in [0.3, 0.4) is 0 Å². The highest BCUT2D eigenvalue weighted by atomic mass is 16.2. The summed E-state index contributed by atoms with van der Waals surface area (Å²) in [6, 6.07) is 0. The van der Waals surface area contributed by atoms with Crippen molar-refractivity contribution in [1.29, 1.82) is 0 Å². The van der Waals surface area contributed by atoms with Crippen LogP contribution in [0.1, 0.15) is 35.6 Å². The number of aromatic nitrogens is 6. The maximum atomic E-state index is 11.8. The third-order valence-electron chi connectivity index (χ3n) is 2.50. The number of carbonyl (C=O) groups is 1. The highest BCUT2D eigenvalue weighted by molar-refractivity contribution is 5.90. The first kappa shape index (κ1) is 13.2. The van der Waals surface area contributed by atoms with Gasteiger partial charge in [0.25, 0.3) is 5.91 Å². The summed E-state index contributed by atoms with van der Waals surface area (Å²) in [6.07, 6.45) is 3.96. The number of aryl methyl sites for hydroxylation is 2. The Balaban J connectivity index is 1.80. The Bertz CT molecular complexity index is 545. The van der Waals surface area contributed by atoms with Crippen LogP contribution in [0.2, 0.25) is 0 Å². The van der Waals surface area contributed by atoms with Gasteiger partial charge in [-0.05, 0) is 6.42 Å². The molecular weight excluding hydrogens is 246 g/mol. The Morgan fingerprint density at radius 2 is 2.32 bits per heavy atom. The van der Waals surface area contributed by atoms with Gasteiger partial charge in [0, 0.05) is 26.4 Å². The fraction of sp³-hybridized carbons (Fsp3) is 0.545. The molecule has 1 amide bonds. The third-order valence-corrected chi connectivity index (χ3v) is 2.50. The zero-order valence-corrected chi connectivity index (χ0v) is 11.1. The molecule has 0 atom stereocenters. The molecule has 0 aliphatic rings. The molecule has 102 valence electrons. The molecule has 0 aromatic carbocycles. The summed E-state index contributed by atoms with van der Waals surface area (Å²) in [5.74, 6) is 1.33. The van der Waals surface area contributed by atoms with Crippen LogP contribution in [0.5, 0.6) is 0 Å². The topological polar surface area (TPSA) is 101 Å². The Hall–Kier alpha value is -2.25. The maximum absolute atomic E-state index is 11.8. The van der Waals surface area contributed by atoms with E-state index in [-0.39, 0.29) is 11.7 Å². The monoisotopic (exact) mass is 263 g/mol. The van der Waals surface area contributed by atoms with E-state index in [4.69, 9.17) is 0 Å². The van der Waals surface area contributed by atoms with Gasteiger partial charge in [0.05, 0.1) is 0 Å². The van der Waals surface area contributed by atoms with Gasteiger partial charge in [-0.2, -0.15) is 5.10 Å². The predicted molar refractivity (Wildman–Crippen MR) is 67.4 cm³/mol. The normalized spacial score (nSPS) is 10.6. The number of rotatable bonds is 6. The molecule has 0 aliphatic heterocycles. The molecule has 2 heterocycles. The van der Waals surface area contributed by atoms with E-state index in [9.17, 15) is 4.79 Å². The largest absolute Gasteiger partial charge is 0.349 e. The molecular formula is C11H17N7O. The second-order valence-electron chi connectivity index (χ2n) is 4.20. The smallest absolute Gasteiger partial charge is 0.290 e. The van der Waals surface area contributed by atoms with Crippen LogP contribution >= 0.6 is 0 Å². The number of nitrogens with one attached hydrogen (secondary N) is 2. The van der Waals surface area contributed by atoms with Gasteiger partial charge in [0.2, 0.25) is 5.82 Å². The second-order valence-corrected chi connectivity index (χ2v) is 4.20. The molecule has 0 unspecified atom stereocenters. The van der Waals surface area contributed by atoms with Gasteiger partial charge in [-0.3, -0.25) is 14.6 Å². The first-order valence-corrected chi connectivity index (χ1v) is 6.23. The highest BCUT2D eigenvalue weighted by Gasteiger charge is 2.11. The van der Waals surface area contributed by atoms with E-state index >= 15 is 0 Å². The second kappa shape index (κ2) is 6.07. The molecule has 0 spiro atoms. The van der Waals surface area contributed by atoms with Crippen molar-refractivity contribution < 1.29 is 4.79 Å². The van der Waals surface area contributed by atoms with Crippen LogP contribution in [0, 0.1) is 0 Å². The molecule has 0 aliphatic carbocycles. The summed E-state index contributed by atoms with van der Waals surface area (Å²) in [5, 5.41) is 13.5. The summed E-state index contributed by atoms with van der Waals surface area (Å²) in [4.78, 5) is 19.9. The zero-order valence-electron chi connectivity index (χ0n) is 11.1. The molecule has 2 N–H and O–H groups in total. The predicted octanol–water partition coefficient (Wildman–Crippen LogP) is -0.142. The standard InChI is InChI=1S/C11H17N7O/c1-3-4-9-14-10(16-15-9)11(19)12-6-5-8-13-7-18(2)17-8/h7H,3-6H2,1-2H3,(H,12,19)(H,14,15,16). The van der Waals surface area contributed by atoms with Crippen molar-refractivity contribution in [1.82, 2.24) is 35.3 Å². The van der Waals surface area contributed by atoms with Gasteiger partial charge < -0.3 is 5.32 Å². The Labute approximate surface area is 110 Å². The quantitative estimate of drug-likeness (QED) is 0.755. The Morgan fingerprint density at radius 1 is 1.47 bits per heavy atom. The minimum atomic E-state index is -0.283. The molecule has 0 bridgehead atoms. The summed E-state index contributed by atoms with van der Waals surface area (Å²) in [6.45, 7) is 2.50. The van der Waals surface area contributed by atoms with Crippen LogP contribution in [0.4, 0.5) is 0 Å². The molecule has 0 saturated heterocycles. The summed E-state index contributed by atoms with van der Waals surface area (Å²) >= 11 is 0. The number of aromatic amines is 1. The molecule has 8 nitrogen and oxygen atoms in total. The van der Waals surface area contributed by atoms with E-state index in [2.05, 4.69) is 30.6 Å². The van der Waals surface area contributed by atoms with Gasteiger partial charge in [-0.15, -0.1) is 5.10 Å². The molecule has 8 heteroatoms. The molecule has 0 radical (unpaired) electrons. The average Bonchev–Trinajstić information content (AvgIpc) is 2.99. The lowest BCUT2D eigenvalue weighted by molar-refractivity contribution is 0.0944. The van der Waals surface area contributed by atoms with Gasteiger partial charge in [-0.1, -0.05) is 6.92 Å². The molecule has 2 aromatic rings. The van der Waals surface area contributed by atoms with Crippen molar-refractivity contribution >= 4 is 5.91 Å². The first-order valence-electron chi connectivity index (χ1n) is 6.23. The number of nitrogens with zero attached hydrogens (tertiary/aromatic N) is 5. The zero-order chi connectivity index (χ0) is 13.7. The third kappa shape index (κ3) is 3.60. The average molecular weight is 263 g/mol. The number of carbonyl (C=O) groups excluding carboxylic acids is 1. The van der Waals surface area contributed by atoms with E-state index in [1.165, 1.54) is 0 Å². The van der Waals surface area contributed by atoms with E-state index in [1.54, 1.807) is 18.1 Å². The Kier molecular flexibility index (Phi) is 4.22. The van der Waals surface area contributed by atoms with Crippen LogP contribution in [0.15, 0.2) is 6.33 Å². The molecule has 19 heavy (non-hydrogen) atoms. The fourth-order valence-corrected chi connectivity index (χ4v) is 1.61. The maximum Gasteiger partial charge on any atom is 0.290 e. The SMILES string of the molecule is CCCc1nc(C(=O)NCCc2ncn(C)n2)n[nH]1. The highest BCUT2D eigenvalue weighted by Crippen LogP contribution is 1.96. The summed E-state index contributed by atoms with van der Waals surface area (Å²) in [5.41, 5.74) is 0. The van der Waals surface area contributed by atoms with Crippen molar-refractivity contribution in [3.63, 3.8) is 0 Å². The molecule has 2 aromatic heterocycles. The van der Waals surface area contributed by atoms with Crippen LogP contribution in [0.25, 0.3) is 0 Å². The first-order chi connectivity index (χ1) is 9.19. The van der Waals surface area contributed by atoms with Gasteiger partial charge in [0.1, 0.15) is 12.2 Å². The van der Waals surface area contributed by atoms with Crippen molar-refractivity contribution in [2.75, 3.05) is 6.54 Å². The van der Waals surface area contributed by atoms with Gasteiger partial charge in [0.15, 0.2) is 5.82 Å². The lowest BCUT2D eigenvalue weighted by atomic mass is 10.3. The lowest BCUT2D eigenvalue weighted by Crippen LogP contribution is -2.27. The van der Waals surface area contributed by atoms with Crippen LogP contribution in [-0.2, 0) is 19.9 Å². The molecule has 2 rings (SSSR count). The fourth-order valence-electron chi connectivity index (χ4n) is 1.61. The molecule has 0 fully saturated rings. The minimum Gasteiger partial charge on any atom is -0.349 e. The summed E-state index contributed by atoms with van der Waals surface area (Å²) < 4.78 is 1.63. The number of hydrogen-bond acceptors (Lipinski definition) is 5. The van der Waals surface area contributed by atoms with E-state index < -0.39 is 0 Å². The van der Waals surface area contributed by atoms with Crippen LogP contribution in [-0.4, -0.2) is 42.4 Å². The summed E-state index contributed by atoms with van der Waals surface area (Å²) in [7, 11) is 1.80. The minimum absolute atomic E-state index is 0.178. The number of amides is 1. The van der Waals surface area contributed by atoms with E-state index in [0.29, 0.717) is 18.8 Å². The number of H-pyrrole nitrogens is 1. The lowest BCUT2D eigenvalue weighted by Gasteiger charge is -1.99. The van der Waals surface area contributed by atoms with Gasteiger partial charge >= 0.3 is 0 Å². The van der Waals surface area contributed by atoms with E-state index in [1.807, 2.05) is 6.92 Å². The van der Waals surface area contributed by atoms with Gasteiger partial charge in [-0.25, -0.2) is 9.97 Å². The number of hydrogen-bond donors (Lipinski definition) is 2. The van der Waals surface area contributed by atoms with Crippen molar-refractivity contribution in [3.8, 4) is 0 Å². The van der Waals surface area contributed by atoms with Crippen molar-refractivity contribution in [2.45, 2.75) is 26.2 Å². The Morgan fingerprint density at radius 3 is 3.00 bits per heavy atom. The van der Waals surface area contributed by atoms with Crippen LogP contribution < -0.4 is 5.32 Å².